The van der Waals surface area contributed by atoms with Gasteiger partial charge in [0.2, 0.25) is 5.91 Å². The van der Waals surface area contributed by atoms with E-state index < -0.39 is 18.1 Å². The highest BCUT2D eigenvalue weighted by molar-refractivity contribution is 7.18. The highest BCUT2D eigenvalue weighted by Gasteiger charge is 2.30. The van der Waals surface area contributed by atoms with Gasteiger partial charge >= 0.3 is 6.18 Å². The highest BCUT2D eigenvalue weighted by atomic mass is 32.1. The number of hydrogen-bond donors (Lipinski definition) is 1. The number of aromatic nitrogens is 2. The smallest absolute Gasteiger partial charge is 0.352 e. The molecule has 10 heteroatoms. The van der Waals surface area contributed by atoms with Crippen molar-refractivity contribution in [3.05, 3.63) is 17.3 Å². The number of nitrogens with zero attached hydrogens (tertiary/aromatic N) is 4. The SMILES string of the molecule is CC(C)(N)CC(=O)N1CCN(c2ncnc3sc(CC(F)(F)F)cc23)CC1. The maximum Gasteiger partial charge on any atom is 0.393 e. The van der Waals surface area contributed by atoms with Crippen molar-refractivity contribution in [2.75, 3.05) is 31.1 Å². The molecular weight excluding hydrogens is 379 g/mol. The Balaban J connectivity index is 1.72. The van der Waals surface area contributed by atoms with E-state index in [0.29, 0.717) is 42.2 Å². The van der Waals surface area contributed by atoms with Gasteiger partial charge < -0.3 is 15.5 Å². The quantitative estimate of drug-likeness (QED) is 0.852. The minimum absolute atomic E-state index is 0.0120. The second-order valence-electron chi connectivity index (χ2n) is 7.45. The van der Waals surface area contributed by atoms with Crippen molar-refractivity contribution in [3.8, 4) is 0 Å². The number of piperazine rings is 1. The topological polar surface area (TPSA) is 75.4 Å². The Morgan fingerprint density at radius 1 is 1.22 bits per heavy atom. The molecule has 0 spiro atoms. The van der Waals surface area contributed by atoms with Crippen LogP contribution in [0.5, 0.6) is 0 Å². The number of alkyl halides is 3. The van der Waals surface area contributed by atoms with Crippen LogP contribution in [0.25, 0.3) is 10.2 Å². The lowest BCUT2D eigenvalue weighted by Gasteiger charge is -2.36. The van der Waals surface area contributed by atoms with Gasteiger partial charge in [0.15, 0.2) is 0 Å². The molecule has 0 bridgehead atoms. The van der Waals surface area contributed by atoms with Crippen molar-refractivity contribution >= 4 is 33.3 Å². The molecular formula is C17H22F3N5OS. The molecule has 2 N–H and O–H groups in total. The molecule has 3 heterocycles. The Labute approximate surface area is 159 Å². The molecule has 148 valence electrons. The van der Waals surface area contributed by atoms with Crippen LogP contribution >= 0.6 is 11.3 Å². The first kappa shape index (κ1) is 19.8. The molecule has 0 radical (unpaired) electrons. The molecule has 1 aliphatic rings. The van der Waals surface area contributed by atoms with Crippen LogP contribution in [0.1, 0.15) is 25.1 Å². The number of halogens is 3. The average Bonchev–Trinajstić information content (AvgIpc) is 2.93. The second-order valence-corrected chi connectivity index (χ2v) is 8.57. The summed E-state index contributed by atoms with van der Waals surface area (Å²) < 4.78 is 38.0. The molecule has 1 fully saturated rings. The van der Waals surface area contributed by atoms with E-state index in [9.17, 15) is 18.0 Å². The van der Waals surface area contributed by atoms with Crippen LogP contribution in [0.2, 0.25) is 0 Å². The summed E-state index contributed by atoms with van der Waals surface area (Å²) in [7, 11) is 0. The Hall–Kier alpha value is -1.94. The lowest BCUT2D eigenvalue weighted by Crippen LogP contribution is -2.51. The molecule has 27 heavy (non-hydrogen) atoms. The van der Waals surface area contributed by atoms with Crippen LogP contribution < -0.4 is 10.6 Å². The molecule has 1 aliphatic heterocycles. The van der Waals surface area contributed by atoms with E-state index in [0.717, 1.165) is 11.3 Å². The molecule has 0 unspecified atom stereocenters. The maximum atomic E-state index is 12.7. The summed E-state index contributed by atoms with van der Waals surface area (Å²) >= 11 is 1.04. The Kier molecular flexibility index (Phi) is 5.31. The average molecular weight is 401 g/mol. The first-order valence-electron chi connectivity index (χ1n) is 8.64. The Morgan fingerprint density at radius 2 is 1.89 bits per heavy atom. The van der Waals surface area contributed by atoms with Gasteiger partial charge in [0.25, 0.3) is 0 Å². The zero-order valence-corrected chi connectivity index (χ0v) is 16.0. The molecule has 0 aliphatic carbocycles. The number of hydrogen-bond acceptors (Lipinski definition) is 6. The monoisotopic (exact) mass is 401 g/mol. The van der Waals surface area contributed by atoms with Crippen LogP contribution in [0.3, 0.4) is 0 Å². The Bertz CT molecular complexity index is 822. The normalized spacial score (nSPS) is 16.2. The van der Waals surface area contributed by atoms with Gasteiger partial charge in [0.05, 0.1) is 11.8 Å². The van der Waals surface area contributed by atoms with E-state index in [1.54, 1.807) is 4.90 Å². The highest BCUT2D eigenvalue weighted by Crippen LogP contribution is 2.34. The minimum Gasteiger partial charge on any atom is -0.352 e. The fraction of sp³-hybridized carbons (Fsp3) is 0.588. The van der Waals surface area contributed by atoms with Crippen LogP contribution in [-0.4, -0.2) is 58.7 Å². The number of carbonyl (C=O) groups excluding carboxylic acids is 1. The summed E-state index contributed by atoms with van der Waals surface area (Å²) in [6.07, 6.45) is -3.57. The van der Waals surface area contributed by atoms with Crippen molar-refractivity contribution in [1.82, 2.24) is 14.9 Å². The van der Waals surface area contributed by atoms with E-state index in [1.807, 2.05) is 18.7 Å². The summed E-state index contributed by atoms with van der Waals surface area (Å²) in [5.41, 5.74) is 5.36. The summed E-state index contributed by atoms with van der Waals surface area (Å²) in [6.45, 7) is 5.81. The third-order valence-electron chi connectivity index (χ3n) is 4.27. The van der Waals surface area contributed by atoms with Crippen LogP contribution in [0.15, 0.2) is 12.4 Å². The van der Waals surface area contributed by atoms with Crippen molar-refractivity contribution < 1.29 is 18.0 Å². The van der Waals surface area contributed by atoms with E-state index >= 15 is 0 Å². The lowest BCUT2D eigenvalue weighted by atomic mass is 10.0. The number of fused-ring (bicyclic) bond motifs is 1. The number of amides is 1. The van der Waals surface area contributed by atoms with Crippen molar-refractivity contribution in [3.63, 3.8) is 0 Å². The van der Waals surface area contributed by atoms with E-state index in [2.05, 4.69) is 9.97 Å². The van der Waals surface area contributed by atoms with E-state index in [-0.39, 0.29) is 17.2 Å². The molecule has 3 rings (SSSR count). The van der Waals surface area contributed by atoms with Gasteiger partial charge in [-0.05, 0) is 19.9 Å². The Morgan fingerprint density at radius 3 is 2.48 bits per heavy atom. The van der Waals surface area contributed by atoms with Gasteiger partial charge in [0.1, 0.15) is 17.0 Å². The number of carbonyl (C=O) groups is 1. The van der Waals surface area contributed by atoms with Crippen LogP contribution in [0.4, 0.5) is 19.0 Å². The predicted octanol–water partition coefficient (Wildman–Crippen LogP) is 2.57. The van der Waals surface area contributed by atoms with Gasteiger partial charge in [-0.25, -0.2) is 9.97 Å². The molecule has 2 aromatic heterocycles. The molecule has 0 aromatic carbocycles. The molecule has 0 atom stereocenters. The summed E-state index contributed by atoms with van der Waals surface area (Å²) in [6, 6.07) is 1.53. The third-order valence-corrected chi connectivity index (χ3v) is 5.32. The van der Waals surface area contributed by atoms with Crippen molar-refractivity contribution in [2.45, 2.75) is 38.4 Å². The molecule has 2 aromatic rings. The third kappa shape index (κ3) is 5.07. The van der Waals surface area contributed by atoms with E-state index in [1.165, 1.54) is 12.4 Å². The number of rotatable bonds is 4. The lowest BCUT2D eigenvalue weighted by molar-refractivity contribution is -0.132. The molecule has 6 nitrogen and oxygen atoms in total. The fourth-order valence-electron chi connectivity index (χ4n) is 3.10. The molecule has 0 saturated carbocycles. The summed E-state index contributed by atoms with van der Waals surface area (Å²) in [4.78, 5) is 25.2. The standard InChI is InChI=1S/C17H22F3N5OS/c1-16(2,21)9-13(26)24-3-5-25(6-4-24)14-12-7-11(8-17(18,19)20)27-15(12)23-10-22-14/h7,10H,3-6,8-9,21H2,1-2H3. The maximum absolute atomic E-state index is 12.7. The zero-order valence-electron chi connectivity index (χ0n) is 15.2. The molecule has 1 amide bonds. The minimum atomic E-state index is -4.25. The summed E-state index contributed by atoms with van der Waals surface area (Å²) in [5, 5.41) is 0.629. The first-order chi connectivity index (χ1) is 12.5. The van der Waals surface area contributed by atoms with Gasteiger partial charge in [-0.1, -0.05) is 0 Å². The van der Waals surface area contributed by atoms with Crippen LogP contribution in [0, 0.1) is 0 Å². The van der Waals surface area contributed by atoms with Gasteiger partial charge in [-0.2, -0.15) is 13.2 Å². The zero-order chi connectivity index (χ0) is 19.8. The fourth-order valence-corrected chi connectivity index (χ4v) is 4.12. The largest absolute Gasteiger partial charge is 0.393 e. The first-order valence-corrected chi connectivity index (χ1v) is 9.45. The number of thiophene rings is 1. The number of anilines is 1. The van der Waals surface area contributed by atoms with Crippen LogP contribution in [-0.2, 0) is 11.2 Å². The van der Waals surface area contributed by atoms with Crippen molar-refractivity contribution in [1.29, 1.82) is 0 Å². The summed E-state index contributed by atoms with van der Waals surface area (Å²) in [5.74, 6) is 0.633. The van der Waals surface area contributed by atoms with Gasteiger partial charge in [-0.15, -0.1) is 11.3 Å². The second kappa shape index (κ2) is 7.23. The predicted molar refractivity (Wildman–Crippen MR) is 98.9 cm³/mol. The van der Waals surface area contributed by atoms with Crippen molar-refractivity contribution in [2.24, 2.45) is 5.73 Å². The molecule has 1 saturated heterocycles. The van der Waals surface area contributed by atoms with Gasteiger partial charge in [-0.3, -0.25) is 4.79 Å². The van der Waals surface area contributed by atoms with E-state index in [4.69, 9.17) is 5.73 Å². The number of nitrogens with two attached hydrogens (primary N) is 1. The van der Waals surface area contributed by atoms with Gasteiger partial charge in [0, 0.05) is 43.0 Å².